The van der Waals surface area contributed by atoms with Gasteiger partial charge in [0.1, 0.15) is 12.0 Å². The lowest BCUT2D eigenvalue weighted by molar-refractivity contribution is 0.446. The Morgan fingerprint density at radius 2 is 1.68 bits per heavy atom. The van der Waals surface area contributed by atoms with E-state index in [9.17, 15) is 0 Å². The summed E-state index contributed by atoms with van der Waals surface area (Å²) in [6, 6.07) is 1.08. The SMILES string of the molecule is CCC1CCCCN1c1ncnc(N2CCCCC2C)c1N. The zero-order valence-corrected chi connectivity index (χ0v) is 14.0. The normalized spacial score (nSPS) is 26.3. The number of nitrogens with zero attached hydrogens (tertiary/aromatic N) is 4. The highest BCUT2D eigenvalue weighted by atomic mass is 15.3. The fourth-order valence-corrected chi connectivity index (χ4v) is 3.95. The maximum absolute atomic E-state index is 6.52. The second-order valence-electron chi connectivity index (χ2n) is 6.72. The van der Waals surface area contributed by atoms with E-state index in [0.29, 0.717) is 12.1 Å². The highest BCUT2D eigenvalue weighted by Gasteiger charge is 2.28. The van der Waals surface area contributed by atoms with Gasteiger partial charge in [-0.1, -0.05) is 6.92 Å². The minimum atomic E-state index is 0.516. The van der Waals surface area contributed by atoms with Crippen molar-refractivity contribution in [3.63, 3.8) is 0 Å². The zero-order chi connectivity index (χ0) is 15.5. The molecule has 2 aliphatic rings. The first kappa shape index (κ1) is 15.4. The molecule has 122 valence electrons. The van der Waals surface area contributed by atoms with Crippen LogP contribution in [0.1, 0.15) is 58.8 Å². The molecule has 2 fully saturated rings. The predicted octanol–water partition coefficient (Wildman–Crippen LogP) is 3.21. The average molecular weight is 303 g/mol. The van der Waals surface area contributed by atoms with Gasteiger partial charge >= 0.3 is 0 Å². The Kier molecular flexibility index (Phi) is 4.69. The van der Waals surface area contributed by atoms with Crippen molar-refractivity contribution in [1.29, 1.82) is 0 Å². The molecule has 5 heteroatoms. The highest BCUT2D eigenvalue weighted by molar-refractivity contribution is 5.76. The Balaban J connectivity index is 1.91. The largest absolute Gasteiger partial charge is 0.393 e. The van der Waals surface area contributed by atoms with Crippen LogP contribution in [-0.2, 0) is 0 Å². The molecule has 0 bridgehead atoms. The summed E-state index contributed by atoms with van der Waals surface area (Å²) in [7, 11) is 0. The van der Waals surface area contributed by atoms with Crippen LogP contribution >= 0.6 is 0 Å². The molecule has 22 heavy (non-hydrogen) atoms. The number of piperidine rings is 2. The van der Waals surface area contributed by atoms with E-state index in [4.69, 9.17) is 5.73 Å². The monoisotopic (exact) mass is 303 g/mol. The van der Waals surface area contributed by atoms with Gasteiger partial charge in [0, 0.05) is 25.2 Å². The van der Waals surface area contributed by atoms with E-state index in [1.54, 1.807) is 6.33 Å². The zero-order valence-electron chi connectivity index (χ0n) is 14.0. The first-order valence-electron chi connectivity index (χ1n) is 8.86. The molecule has 3 heterocycles. The first-order chi connectivity index (χ1) is 10.7. The van der Waals surface area contributed by atoms with Gasteiger partial charge in [-0.05, 0) is 51.9 Å². The van der Waals surface area contributed by atoms with Gasteiger partial charge in [0.15, 0.2) is 11.6 Å². The van der Waals surface area contributed by atoms with Gasteiger partial charge in [0.25, 0.3) is 0 Å². The molecule has 0 amide bonds. The van der Waals surface area contributed by atoms with E-state index in [-0.39, 0.29) is 0 Å². The first-order valence-corrected chi connectivity index (χ1v) is 8.86. The number of aromatic nitrogens is 2. The van der Waals surface area contributed by atoms with Crippen LogP contribution in [0, 0.1) is 0 Å². The molecular formula is C17H29N5. The van der Waals surface area contributed by atoms with Crippen molar-refractivity contribution in [2.24, 2.45) is 0 Å². The standard InChI is InChI=1S/C17H29N5/c1-3-14-9-5-7-11-22(14)17-15(18)16(19-12-20-17)21-10-6-4-8-13(21)2/h12-14H,3-11,18H2,1-2H3. The molecule has 2 aliphatic heterocycles. The summed E-state index contributed by atoms with van der Waals surface area (Å²) in [5.74, 6) is 1.90. The summed E-state index contributed by atoms with van der Waals surface area (Å²) in [5.41, 5.74) is 7.29. The fourth-order valence-electron chi connectivity index (χ4n) is 3.95. The quantitative estimate of drug-likeness (QED) is 0.929. The number of rotatable bonds is 3. The third-order valence-electron chi connectivity index (χ3n) is 5.29. The van der Waals surface area contributed by atoms with Crippen molar-refractivity contribution in [3.05, 3.63) is 6.33 Å². The molecule has 2 unspecified atom stereocenters. The lowest BCUT2D eigenvalue weighted by Crippen LogP contribution is -2.41. The van der Waals surface area contributed by atoms with Gasteiger partial charge in [-0.2, -0.15) is 0 Å². The predicted molar refractivity (Wildman–Crippen MR) is 92.4 cm³/mol. The number of hydrogen-bond acceptors (Lipinski definition) is 5. The van der Waals surface area contributed by atoms with E-state index in [0.717, 1.165) is 36.8 Å². The van der Waals surface area contributed by atoms with Crippen LogP contribution in [0.5, 0.6) is 0 Å². The van der Waals surface area contributed by atoms with Crippen LogP contribution in [-0.4, -0.2) is 35.1 Å². The van der Waals surface area contributed by atoms with Crippen molar-refractivity contribution in [1.82, 2.24) is 9.97 Å². The third-order valence-corrected chi connectivity index (χ3v) is 5.29. The summed E-state index contributed by atoms with van der Waals surface area (Å²) < 4.78 is 0. The van der Waals surface area contributed by atoms with E-state index < -0.39 is 0 Å². The molecule has 0 saturated carbocycles. The summed E-state index contributed by atoms with van der Waals surface area (Å²) >= 11 is 0. The maximum Gasteiger partial charge on any atom is 0.157 e. The van der Waals surface area contributed by atoms with E-state index in [2.05, 4.69) is 33.6 Å². The molecule has 0 radical (unpaired) electrons. The molecule has 5 nitrogen and oxygen atoms in total. The van der Waals surface area contributed by atoms with Crippen molar-refractivity contribution in [2.45, 2.75) is 70.9 Å². The molecule has 1 aromatic rings. The Morgan fingerprint density at radius 3 is 2.36 bits per heavy atom. The van der Waals surface area contributed by atoms with Crippen LogP contribution in [0.3, 0.4) is 0 Å². The summed E-state index contributed by atoms with van der Waals surface area (Å²) in [6.07, 6.45) is 10.4. The Labute approximate surface area is 133 Å². The van der Waals surface area contributed by atoms with E-state index in [1.807, 2.05) is 0 Å². The van der Waals surface area contributed by atoms with Gasteiger partial charge in [-0.15, -0.1) is 0 Å². The molecule has 3 rings (SSSR count). The van der Waals surface area contributed by atoms with Gasteiger partial charge in [-0.3, -0.25) is 0 Å². The lowest BCUT2D eigenvalue weighted by Gasteiger charge is -2.39. The van der Waals surface area contributed by atoms with E-state index in [1.165, 1.54) is 38.5 Å². The molecule has 2 saturated heterocycles. The average Bonchev–Trinajstić information content (AvgIpc) is 2.56. The molecule has 2 N–H and O–H groups in total. The van der Waals surface area contributed by atoms with Gasteiger partial charge in [0.2, 0.25) is 0 Å². The third kappa shape index (κ3) is 2.85. The Morgan fingerprint density at radius 1 is 1.05 bits per heavy atom. The van der Waals surface area contributed by atoms with Crippen molar-refractivity contribution < 1.29 is 0 Å². The Bertz CT molecular complexity index is 504. The fraction of sp³-hybridized carbons (Fsp3) is 0.765. The number of nitrogen functional groups attached to an aromatic ring is 1. The maximum atomic E-state index is 6.52. The van der Waals surface area contributed by atoms with Crippen LogP contribution in [0.15, 0.2) is 6.33 Å². The molecular weight excluding hydrogens is 274 g/mol. The molecule has 1 aromatic heterocycles. The van der Waals surface area contributed by atoms with Crippen molar-refractivity contribution in [2.75, 3.05) is 28.6 Å². The molecule has 0 spiro atoms. The number of hydrogen-bond donors (Lipinski definition) is 1. The van der Waals surface area contributed by atoms with Crippen LogP contribution in [0.25, 0.3) is 0 Å². The van der Waals surface area contributed by atoms with Gasteiger partial charge < -0.3 is 15.5 Å². The second kappa shape index (κ2) is 6.71. The molecule has 0 aromatic carbocycles. The minimum Gasteiger partial charge on any atom is -0.393 e. The topological polar surface area (TPSA) is 58.3 Å². The van der Waals surface area contributed by atoms with Crippen LogP contribution < -0.4 is 15.5 Å². The number of nitrogens with two attached hydrogens (primary N) is 1. The van der Waals surface area contributed by atoms with Crippen molar-refractivity contribution >= 4 is 17.3 Å². The number of anilines is 3. The van der Waals surface area contributed by atoms with Gasteiger partial charge in [-0.25, -0.2) is 9.97 Å². The second-order valence-corrected chi connectivity index (χ2v) is 6.72. The Hall–Kier alpha value is -1.52. The van der Waals surface area contributed by atoms with E-state index >= 15 is 0 Å². The summed E-state index contributed by atoms with van der Waals surface area (Å²) in [6.45, 7) is 6.65. The van der Waals surface area contributed by atoms with Crippen LogP contribution in [0.4, 0.5) is 17.3 Å². The van der Waals surface area contributed by atoms with Crippen LogP contribution in [0.2, 0.25) is 0 Å². The summed E-state index contributed by atoms with van der Waals surface area (Å²) in [4.78, 5) is 13.9. The van der Waals surface area contributed by atoms with Gasteiger partial charge in [0.05, 0.1) is 0 Å². The smallest absolute Gasteiger partial charge is 0.157 e. The lowest BCUT2D eigenvalue weighted by atomic mass is 9.99. The summed E-state index contributed by atoms with van der Waals surface area (Å²) in [5, 5.41) is 0. The highest BCUT2D eigenvalue weighted by Crippen LogP contribution is 2.35. The van der Waals surface area contributed by atoms with Crippen molar-refractivity contribution in [3.8, 4) is 0 Å². The molecule has 0 aliphatic carbocycles. The minimum absolute atomic E-state index is 0.516. The molecule has 2 atom stereocenters.